The molecule has 0 unspecified atom stereocenters. The van der Waals surface area contributed by atoms with Crippen LogP contribution < -0.4 is 4.90 Å². The predicted octanol–water partition coefficient (Wildman–Crippen LogP) is 4.09. The van der Waals surface area contributed by atoms with Crippen LogP contribution in [0.4, 0.5) is 5.69 Å². The molecule has 0 spiro atoms. The topological polar surface area (TPSA) is 38.1 Å². The molecule has 0 fully saturated rings. The van der Waals surface area contributed by atoms with Crippen LogP contribution in [-0.2, 0) is 7.05 Å². The molecule has 0 saturated heterocycles. The third kappa shape index (κ3) is 2.46. The maximum atomic E-state index is 13.1. The summed E-state index contributed by atoms with van der Waals surface area (Å²) in [6, 6.07) is 10.2. The molecular weight excluding hydrogens is 326 g/mol. The van der Waals surface area contributed by atoms with Gasteiger partial charge in [-0.3, -0.25) is 9.48 Å². The van der Waals surface area contributed by atoms with Crippen molar-refractivity contribution in [2.75, 3.05) is 17.2 Å². The fourth-order valence-corrected chi connectivity index (χ4v) is 5.05. The van der Waals surface area contributed by atoms with Gasteiger partial charge in [-0.15, -0.1) is 23.1 Å². The van der Waals surface area contributed by atoms with Gasteiger partial charge < -0.3 is 4.90 Å². The highest BCUT2D eigenvalue weighted by molar-refractivity contribution is 7.99. The van der Waals surface area contributed by atoms with Crippen LogP contribution in [0.3, 0.4) is 0 Å². The van der Waals surface area contributed by atoms with Gasteiger partial charge in [0.2, 0.25) is 0 Å². The molecule has 3 aromatic rings. The molecule has 1 amide bonds. The Bertz CT molecular complexity index is 862. The molecule has 3 heterocycles. The van der Waals surface area contributed by atoms with Crippen LogP contribution in [0.25, 0.3) is 10.2 Å². The van der Waals surface area contributed by atoms with E-state index in [1.165, 1.54) is 16.2 Å². The second kappa shape index (κ2) is 5.69. The van der Waals surface area contributed by atoms with Gasteiger partial charge in [-0.2, -0.15) is 5.10 Å². The third-order valence-corrected chi connectivity index (χ3v) is 6.43. The van der Waals surface area contributed by atoms with Gasteiger partial charge in [0.05, 0.1) is 16.3 Å². The Morgan fingerprint density at radius 1 is 1.30 bits per heavy atom. The number of thiophene rings is 1. The van der Waals surface area contributed by atoms with Gasteiger partial charge in [0, 0.05) is 23.9 Å². The lowest BCUT2D eigenvalue weighted by Crippen LogP contribution is -2.31. The van der Waals surface area contributed by atoms with Crippen molar-refractivity contribution in [2.45, 2.75) is 18.2 Å². The molecule has 0 N–H and O–H groups in total. The molecule has 118 valence electrons. The van der Waals surface area contributed by atoms with Crippen molar-refractivity contribution in [1.29, 1.82) is 0 Å². The van der Waals surface area contributed by atoms with E-state index in [1.54, 1.807) is 0 Å². The number of nitrogens with zero attached hydrogens (tertiary/aromatic N) is 3. The minimum atomic E-state index is 0.0977. The Balaban J connectivity index is 1.77. The van der Waals surface area contributed by atoms with E-state index in [0.717, 1.165) is 45.2 Å². The van der Waals surface area contributed by atoms with E-state index in [1.807, 2.05) is 59.6 Å². The van der Waals surface area contributed by atoms with Crippen LogP contribution in [0.5, 0.6) is 0 Å². The molecule has 1 aromatic carbocycles. The van der Waals surface area contributed by atoms with Gasteiger partial charge in [0.15, 0.2) is 0 Å². The number of para-hydroxylation sites is 1. The molecule has 0 saturated carbocycles. The number of hydrogen-bond donors (Lipinski definition) is 0. The van der Waals surface area contributed by atoms with E-state index in [-0.39, 0.29) is 5.91 Å². The summed E-state index contributed by atoms with van der Waals surface area (Å²) in [5, 5.41) is 5.49. The SMILES string of the molecule is Cc1nn(C)c2sc(C(=O)N3CCCSc4ccccc43)cc12. The smallest absolute Gasteiger partial charge is 0.268 e. The second-order valence-corrected chi connectivity index (χ2v) is 7.83. The highest BCUT2D eigenvalue weighted by Crippen LogP contribution is 2.36. The minimum absolute atomic E-state index is 0.0977. The second-order valence-electron chi connectivity index (χ2n) is 5.67. The molecule has 0 aliphatic carbocycles. The van der Waals surface area contributed by atoms with E-state index in [0.29, 0.717) is 0 Å². The lowest BCUT2D eigenvalue weighted by molar-refractivity contribution is 0.0990. The Hall–Kier alpha value is -1.79. The monoisotopic (exact) mass is 343 g/mol. The summed E-state index contributed by atoms with van der Waals surface area (Å²) in [5.41, 5.74) is 2.01. The summed E-state index contributed by atoms with van der Waals surface area (Å²) < 4.78 is 1.86. The molecule has 1 aliphatic rings. The largest absolute Gasteiger partial charge is 0.307 e. The number of thioether (sulfide) groups is 1. The maximum Gasteiger partial charge on any atom is 0.268 e. The van der Waals surface area contributed by atoms with Crippen molar-refractivity contribution in [1.82, 2.24) is 9.78 Å². The molecule has 4 rings (SSSR count). The first-order valence-corrected chi connectivity index (χ1v) is 9.42. The van der Waals surface area contributed by atoms with Crippen molar-refractivity contribution in [2.24, 2.45) is 7.05 Å². The molecule has 1 aliphatic heterocycles. The predicted molar refractivity (Wildman–Crippen MR) is 96.8 cm³/mol. The first-order chi connectivity index (χ1) is 11.1. The lowest BCUT2D eigenvalue weighted by Gasteiger charge is -2.21. The Kier molecular flexibility index (Phi) is 3.66. The summed E-state index contributed by atoms with van der Waals surface area (Å²) in [5.74, 6) is 1.15. The number of carbonyl (C=O) groups excluding carboxylic acids is 1. The zero-order valence-corrected chi connectivity index (χ0v) is 14.7. The van der Waals surface area contributed by atoms with E-state index in [2.05, 4.69) is 11.2 Å². The van der Waals surface area contributed by atoms with Crippen LogP contribution in [-0.4, -0.2) is 28.0 Å². The molecule has 4 nitrogen and oxygen atoms in total. The fraction of sp³-hybridized carbons (Fsp3) is 0.294. The summed E-state index contributed by atoms with van der Waals surface area (Å²) in [6.07, 6.45) is 1.01. The maximum absolute atomic E-state index is 13.1. The number of benzene rings is 1. The first-order valence-electron chi connectivity index (χ1n) is 7.62. The minimum Gasteiger partial charge on any atom is -0.307 e. The summed E-state index contributed by atoms with van der Waals surface area (Å²) in [4.78, 5) is 18.1. The number of hydrogen-bond acceptors (Lipinski definition) is 4. The molecule has 6 heteroatoms. The molecule has 0 radical (unpaired) electrons. The van der Waals surface area contributed by atoms with E-state index < -0.39 is 0 Å². The van der Waals surface area contributed by atoms with Crippen molar-refractivity contribution < 1.29 is 4.79 Å². The number of amides is 1. The highest BCUT2D eigenvalue weighted by atomic mass is 32.2. The van der Waals surface area contributed by atoms with Gasteiger partial charge in [-0.1, -0.05) is 12.1 Å². The number of aryl methyl sites for hydroxylation is 2. The van der Waals surface area contributed by atoms with Crippen LogP contribution >= 0.6 is 23.1 Å². The van der Waals surface area contributed by atoms with Crippen LogP contribution in [0.2, 0.25) is 0 Å². The Morgan fingerprint density at radius 3 is 2.96 bits per heavy atom. The van der Waals surface area contributed by atoms with Gasteiger partial charge in [0.25, 0.3) is 5.91 Å². The zero-order chi connectivity index (χ0) is 16.0. The fourth-order valence-electron chi connectivity index (χ4n) is 2.98. The summed E-state index contributed by atoms with van der Waals surface area (Å²) in [7, 11) is 1.93. The van der Waals surface area contributed by atoms with Crippen molar-refractivity contribution in [3.63, 3.8) is 0 Å². The van der Waals surface area contributed by atoms with Crippen molar-refractivity contribution in [3.05, 3.63) is 40.9 Å². The van der Waals surface area contributed by atoms with Crippen LogP contribution in [0.1, 0.15) is 21.8 Å². The van der Waals surface area contributed by atoms with Gasteiger partial charge in [-0.05, 0) is 37.3 Å². The van der Waals surface area contributed by atoms with E-state index in [4.69, 9.17) is 0 Å². The van der Waals surface area contributed by atoms with Gasteiger partial charge >= 0.3 is 0 Å². The molecule has 2 aromatic heterocycles. The van der Waals surface area contributed by atoms with Gasteiger partial charge in [0.1, 0.15) is 4.83 Å². The van der Waals surface area contributed by atoms with Crippen LogP contribution in [0, 0.1) is 6.92 Å². The van der Waals surface area contributed by atoms with E-state index in [9.17, 15) is 4.79 Å². The number of rotatable bonds is 1. The number of aromatic nitrogens is 2. The number of fused-ring (bicyclic) bond motifs is 2. The zero-order valence-electron chi connectivity index (χ0n) is 13.1. The van der Waals surface area contributed by atoms with Crippen molar-refractivity contribution in [3.8, 4) is 0 Å². The molecule has 23 heavy (non-hydrogen) atoms. The first kappa shape index (κ1) is 14.8. The normalized spacial score (nSPS) is 14.8. The number of carbonyl (C=O) groups is 1. The van der Waals surface area contributed by atoms with Crippen LogP contribution in [0.15, 0.2) is 35.2 Å². The van der Waals surface area contributed by atoms with Crippen molar-refractivity contribution >= 4 is 44.9 Å². The third-order valence-electron chi connectivity index (χ3n) is 4.09. The Morgan fingerprint density at radius 2 is 2.13 bits per heavy atom. The quantitative estimate of drug-likeness (QED) is 0.668. The lowest BCUT2D eigenvalue weighted by atomic mass is 10.2. The van der Waals surface area contributed by atoms with Gasteiger partial charge in [-0.25, -0.2) is 0 Å². The van der Waals surface area contributed by atoms with E-state index >= 15 is 0 Å². The average molecular weight is 343 g/mol. The summed E-state index contributed by atoms with van der Waals surface area (Å²) in [6.45, 7) is 2.76. The molecule has 0 atom stereocenters. The highest BCUT2D eigenvalue weighted by Gasteiger charge is 2.24. The molecular formula is C17H17N3OS2. The Labute approximate surface area is 143 Å². The molecule has 0 bridgehead atoms. The average Bonchev–Trinajstić information content (AvgIpc) is 3.02. The summed E-state index contributed by atoms with van der Waals surface area (Å²) >= 11 is 3.36. The standard InChI is InChI=1S/C17H17N3OS2/c1-11-12-10-15(23-17(12)19(2)18-11)16(21)20-8-5-9-22-14-7-4-3-6-13(14)20/h3-4,6-7,10H,5,8-9H2,1-2H3. The number of anilines is 1.